The van der Waals surface area contributed by atoms with Crippen molar-refractivity contribution in [3.8, 4) is 12.1 Å². The number of rotatable bonds is 7. The predicted molar refractivity (Wildman–Crippen MR) is 138 cm³/mol. The maximum absolute atomic E-state index is 11.8. The summed E-state index contributed by atoms with van der Waals surface area (Å²) in [7, 11) is 0. The van der Waals surface area contributed by atoms with Crippen LogP contribution in [0.3, 0.4) is 0 Å². The molecular formula is C27H28N8O2. The lowest BCUT2D eigenvalue weighted by Crippen LogP contribution is -2.47. The summed E-state index contributed by atoms with van der Waals surface area (Å²) in [6, 6.07) is 10.7. The third-order valence-electron chi connectivity index (χ3n) is 7.20. The number of nitrogens with zero attached hydrogens (tertiary/aromatic N) is 7. The van der Waals surface area contributed by atoms with Crippen LogP contribution in [0, 0.1) is 18.3 Å². The Kier molecular flexibility index (Phi) is 5.85. The minimum Gasteiger partial charge on any atom is -0.447 e. The number of aryl methyl sites for hydroxylation is 1. The number of nitriles is 1. The van der Waals surface area contributed by atoms with E-state index in [2.05, 4.69) is 37.0 Å². The summed E-state index contributed by atoms with van der Waals surface area (Å²) in [5, 5.41) is 10.5. The summed E-state index contributed by atoms with van der Waals surface area (Å²) in [4.78, 5) is 29.8. The van der Waals surface area contributed by atoms with E-state index in [1.165, 1.54) is 12.8 Å². The van der Waals surface area contributed by atoms with Crippen molar-refractivity contribution in [3.05, 3.63) is 59.7 Å². The predicted octanol–water partition coefficient (Wildman–Crippen LogP) is 3.03. The summed E-state index contributed by atoms with van der Waals surface area (Å²) in [5.74, 6) is -0.526. The van der Waals surface area contributed by atoms with Crippen LogP contribution in [0.15, 0.2) is 42.9 Å². The second kappa shape index (κ2) is 9.33. The van der Waals surface area contributed by atoms with Crippen molar-refractivity contribution in [2.45, 2.75) is 44.7 Å². The molecular weight excluding hydrogens is 468 g/mol. The molecule has 1 amide bonds. The van der Waals surface area contributed by atoms with E-state index < -0.39 is 5.91 Å². The molecule has 2 N–H and O–H groups in total. The Morgan fingerprint density at radius 1 is 1.19 bits per heavy atom. The number of carbonyl (C=O) groups is 1. The van der Waals surface area contributed by atoms with Gasteiger partial charge in [0.15, 0.2) is 5.65 Å². The van der Waals surface area contributed by atoms with Gasteiger partial charge in [-0.05, 0) is 44.7 Å². The van der Waals surface area contributed by atoms with Crippen LogP contribution in [0.25, 0.3) is 16.6 Å². The van der Waals surface area contributed by atoms with Crippen molar-refractivity contribution >= 4 is 28.1 Å². The average molecular weight is 497 g/mol. The van der Waals surface area contributed by atoms with Crippen LogP contribution in [-0.2, 0) is 0 Å². The minimum atomic E-state index is -0.526. The van der Waals surface area contributed by atoms with E-state index in [9.17, 15) is 10.1 Å². The Hall–Kier alpha value is -4.23. The Balaban J connectivity index is 1.13. The third kappa shape index (κ3) is 4.54. The molecule has 4 aromatic rings. The molecule has 1 saturated carbocycles. The zero-order valence-electron chi connectivity index (χ0n) is 20.7. The van der Waals surface area contributed by atoms with Crippen LogP contribution < -0.4 is 15.4 Å². The molecule has 0 unspecified atom stereocenters. The number of fused-ring (bicyclic) bond motifs is 2. The fourth-order valence-electron chi connectivity index (χ4n) is 5.29. The molecule has 0 bridgehead atoms. The third-order valence-corrected chi connectivity index (χ3v) is 7.20. The first-order valence-electron chi connectivity index (χ1n) is 12.6. The van der Waals surface area contributed by atoms with E-state index in [0.717, 1.165) is 42.7 Å². The molecule has 37 heavy (non-hydrogen) atoms. The van der Waals surface area contributed by atoms with Crippen LogP contribution in [-0.4, -0.2) is 62.1 Å². The molecule has 1 saturated heterocycles. The van der Waals surface area contributed by atoms with E-state index in [0.29, 0.717) is 41.1 Å². The fraction of sp³-hybridized carbons (Fsp3) is 0.370. The van der Waals surface area contributed by atoms with Crippen molar-refractivity contribution in [3.63, 3.8) is 0 Å². The van der Waals surface area contributed by atoms with Gasteiger partial charge in [0, 0.05) is 49.1 Å². The van der Waals surface area contributed by atoms with Gasteiger partial charge in [0.05, 0.1) is 28.0 Å². The summed E-state index contributed by atoms with van der Waals surface area (Å²) < 4.78 is 7.88. The van der Waals surface area contributed by atoms with Gasteiger partial charge in [-0.15, -0.1) is 0 Å². The number of aromatic nitrogens is 4. The first kappa shape index (κ1) is 23.2. The number of hydrogen-bond acceptors (Lipinski definition) is 8. The highest BCUT2D eigenvalue weighted by molar-refractivity contribution is 6.04. The van der Waals surface area contributed by atoms with Gasteiger partial charge in [-0.3, -0.25) is 9.69 Å². The van der Waals surface area contributed by atoms with Gasteiger partial charge in [0.1, 0.15) is 12.8 Å². The number of para-hydroxylation sites is 1. The molecule has 1 aromatic carbocycles. The highest BCUT2D eigenvalue weighted by Gasteiger charge is 2.36. The van der Waals surface area contributed by atoms with Gasteiger partial charge in [0.2, 0.25) is 0 Å². The van der Waals surface area contributed by atoms with Gasteiger partial charge in [-0.1, -0.05) is 12.1 Å². The lowest BCUT2D eigenvalue weighted by Gasteiger charge is -2.39. The quantitative estimate of drug-likeness (QED) is 0.414. The monoisotopic (exact) mass is 496 g/mol. The zero-order chi connectivity index (χ0) is 25.5. The SMILES string of the molecule is Cc1cn2cc(N(C3CC3)C3CCN(COc4ncc5cccc(C(N)=O)c5n4)CC3)cc(C#N)c2n1. The van der Waals surface area contributed by atoms with Crippen molar-refractivity contribution in [1.82, 2.24) is 24.3 Å². The zero-order valence-corrected chi connectivity index (χ0v) is 20.7. The number of pyridine rings is 1. The number of benzene rings is 1. The first-order chi connectivity index (χ1) is 18.0. The van der Waals surface area contributed by atoms with Gasteiger partial charge in [-0.25, -0.2) is 9.97 Å². The fourth-order valence-corrected chi connectivity index (χ4v) is 5.29. The number of nitrogens with two attached hydrogens (primary N) is 1. The second-order valence-electron chi connectivity index (χ2n) is 9.86. The van der Waals surface area contributed by atoms with Crippen LogP contribution in [0.5, 0.6) is 6.01 Å². The Morgan fingerprint density at radius 2 is 1.97 bits per heavy atom. The number of primary amides is 1. The van der Waals surface area contributed by atoms with Gasteiger partial charge in [-0.2, -0.15) is 10.2 Å². The van der Waals surface area contributed by atoms with Crippen LogP contribution in [0.1, 0.15) is 47.3 Å². The largest absolute Gasteiger partial charge is 0.447 e. The maximum atomic E-state index is 11.8. The molecule has 1 aliphatic carbocycles. The van der Waals surface area contributed by atoms with E-state index in [1.807, 2.05) is 29.7 Å². The van der Waals surface area contributed by atoms with E-state index in [4.69, 9.17) is 10.5 Å². The smallest absolute Gasteiger partial charge is 0.318 e. The summed E-state index contributed by atoms with van der Waals surface area (Å²) in [6.07, 6.45) is 10.1. The maximum Gasteiger partial charge on any atom is 0.318 e. The number of piperidine rings is 1. The molecule has 2 aliphatic rings. The number of likely N-dealkylation sites (tertiary alicyclic amines) is 1. The van der Waals surface area contributed by atoms with Gasteiger partial charge in [0.25, 0.3) is 5.91 Å². The molecule has 6 rings (SSSR count). The standard InChI is InChI=1S/C27H28N8O2/c1-17-14-34-15-22(11-19(12-28)26(34)31-17)35(20-5-6-20)21-7-9-33(10-8-21)16-37-27-30-13-18-3-2-4-23(25(29)36)24(18)32-27/h2-4,11,13-15,20-21H,5-10,16H2,1H3,(H2,29,36). The molecule has 1 aliphatic heterocycles. The van der Waals surface area contributed by atoms with Crippen molar-refractivity contribution < 1.29 is 9.53 Å². The van der Waals surface area contributed by atoms with Crippen molar-refractivity contribution in [2.24, 2.45) is 5.73 Å². The second-order valence-corrected chi connectivity index (χ2v) is 9.86. The molecule has 0 radical (unpaired) electrons. The number of anilines is 1. The highest BCUT2D eigenvalue weighted by atomic mass is 16.5. The number of carbonyl (C=O) groups excluding carboxylic acids is 1. The molecule has 10 heteroatoms. The lowest BCUT2D eigenvalue weighted by atomic mass is 10.0. The number of ether oxygens (including phenoxy) is 1. The average Bonchev–Trinajstić information content (AvgIpc) is 3.66. The van der Waals surface area contributed by atoms with Crippen molar-refractivity contribution in [1.29, 1.82) is 5.26 Å². The molecule has 0 spiro atoms. The molecule has 4 heterocycles. The van der Waals surface area contributed by atoms with Crippen LogP contribution >= 0.6 is 0 Å². The van der Waals surface area contributed by atoms with Gasteiger partial charge >= 0.3 is 6.01 Å². The Morgan fingerprint density at radius 3 is 2.70 bits per heavy atom. The molecule has 0 atom stereocenters. The summed E-state index contributed by atoms with van der Waals surface area (Å²) in [5.41, 5.74) is 9.67. The highest BCUT2D eigenvalue weighted by Crippen LogP contribution is 2.37. The molecule has 188 valence electrons. The van der Waals surface area contributed by atoms with Crippen LogP contribution in [0.2, 0.25) is 0 Å². The minimum absolute atomic E-state index is 0.232. The number of amides is 1. The topological polar surface area (TPSA) is 126 Å². The van der Waals surface area contributed by atoms with Gasteiger partial charge < -0.3 is 19.8 Å². The Labute approximate surface area is 214 Å². The molecule has 2 fully saturated rings. The summed E-state index contributed by atoms with van der Waals surface area (Å²) >= 11 is 0. The normalized spacial score (nSPS) is 16.6. The first-order valence-corrected chi connectivity index (χ1v) is 12.6. The molecule has 10 nitrogen and oxygen atoms in total. The molecule has 3 aromatic heterocycles. The van der Waals surface area contributed by atoms with Crippen LogP contribution in [0.4, 0.5) is 5.69 Å². The van der Waals surface area contributed by atoms with Crippen molar-refractivity contribution in [2.75, 3.05) is 24.7 Å². The van der Waals surface area contributed by atoms with E-state index >= 15 is 0 Å². The number of imidazole rings is 1. The Bertz CT molecular complexity index is 1530. The lowest BCUT2D eigenvalue weighted by molar-refractivity contribution is 0.0923. The summed E-state index contributed by atoms with van der Waals surface area (Å²) in [6.45, 7) is 4.08. The van der Waals surface area contributed by atoms with E-state index in [-0.39, 0.29) is 6.01 Å². The number of hydrogen-bond donors (Lipinski definition) is 1. The van der Waals surface area contributed by atoms with E-state index in [1.54, 1.807) is 18.3 Å².